The lowest BCUT2D eigenvalue weighted by molar-refractivity contribution is 0.235. The molecule has 0 aliphatic heterocycles. The van der Waals surface area contributed by atoms with E-state index in [-0.39, 0.29) is 6.03 Å². The lowest BCUT2D eigenvalue weighted by Crippen LogP contribution is -2.37. The molecule has 0 aliphatic rings. The predicted octanol–water partition coefficient (Wildman–Crippen LogP) is 3.24. The Morgan fingerprint density at radius 1 is 1.00 bits per heavy atom. The summed E-state index contributed by atoms with van der Waals surface area (Å²) >= 11 is 5.82. The van der Waals surface area contributed by atoms with Gasteiger partial charge in [-0.2, -0.15) is 0 Å². The molecule has 2 aromatic carbocycles. The van der Waals surface area contributed by atoms with Gasteiger partial charge in [0.15, 0.2) is 11.5 Å². The van der Waals surface area contributed by atoms with Gasteiger partial charge in [0, 0.05) is 11.6 Å². The van der Waals surface area contributed by atoms with E-state index in [2.05, 4.69) is 10.6 Å². The highest BCUT2D eigenvalue weighted by Crippen LogP contribution is 2.36. The Balaban J connectivity index is 1.72. The van der Waals surface area contributed by atoms with Crippen molar-refractivity contribution in [3.05, 3.63) is 53.1 Å². The first-order chi connectivity index (χ1) is 12.1. The van der Waals surface area contributed by atoms with E-state index in [4.69, 9.17) is 25.8 Å². The number of ether oxygens (including phenoxy) is 3. The summed E-state index contributed by atoms with van der Waals surface area (Å²) in [5, 5.41) is 6.16. The average Bonchev–Trinajstić information content (AvgIpc) is 2.64. The van der Waals surface area contributed by atoms with E-state index >= 15 is 0 Å². The Kier molecular flexibility index (Phi) is 7.22. The predicted molar refractivity (Wildman–Crippen MR) is 96.7 cm³/mol. The molecule has 0 radical (unpaired) electrons. The molecule has 0 aliphatic carbocycles. The molecule has 2 aromatic rings. The van der Waals surface area contributed by atoms with Crippen LogP contribution in [-0.4, -0.2) is 33.4 Å². The molecule has 0 fully saturated rings. The Morgan fingerprint density at radius 3 is 2.40 bits per heavy atom. The van der Waals surface area contributed by atoms with Crippen molar-refractivity contribution in [2.24, 2.45) is 0 Å². The van der Waals surface area contributed by atoms with Crippen LogP contribution in [0, 0.1) is 0 Å². The molecule has 2 N–H and O–H groups in total. The maximum absolute atomic E-state index is 11.8. The largest absolute Gasteiger partial charge is 0.493 e. The van der Waals surface area contributed by atoms with Gasteiger partial charge in [0.1, 0.15) is 6.61 Å². The zero-order chi connectivity index (χ0) is 18.1. The van der Waals surface area contributed by atoms with Crippen LogP contribution in [0.4, 0.5) is 4.79 Å². The number of hydrogen-bond donors (Lipinski definition) is 2. The summed E-state index contributed by atoms with van der Waals surface area (Å²) in [5.74, 6) is 1.68. The van der Waals surface area contributed by atoms with Gasteiger partial charge in [-0.1, -0.05) is 29.8 Å². The minimum atomic E-state index is -0.267. The van der Waals surface area contributed by atoms with E-state index in [9.17, 15) is 4.79 Å². The topological polar surface area (TPSA) is 68.8 Å². The number of carbonyl (C=O) groups excluding carboxylic acids is 1. The minimum absolute atomic E-state index is 0.267. The van der Waals surface area contributed by atoms with Crippen LogP contribution in [0.15, 0.2) is 42.5 Å². The van der Waals surface area contributed by atoms with Crippen molar-refractivity contribution >= 4 is 17.6 Å². The van der Waals surface area contributed by atoms with E-state index < -0.39 is 0 Å². The number of benzene rings is 2. The van der Waals surface area contributed by atoms with Crippen molar-refractivity contribution in [1.29, 1.82) is 0 Å². The number of halogens is 1. The van der Waals surface area contributed by atoms with Crippen molar-refractivity contribution in [3.8, 4) is 17.2 Å². The molecule has 0 unspecified atom stereocenters. The highest BCUT2D eigenvalue weighted by molar-refractivity contribution is 6.30. The molecule has 0 saturated heterocycles. The molecule has 25 heavy (non-hydrogen) atoms. The summed E-state index contributed by atoms with van der Waals surface area (Å²) in [6.45, 7) is 1.08. The second kappa shape index (κ2) is 9.64. The van der Waals surface area contributed by atoms with Crippen molar-refractivity contribution in [2.75, 3.05) is 27.4 Å². The van der Waals surface area contributed by atoms with Gasteiger partial charge in [0.2, 0.25) is 5.75 Å². The van der Waals surface area contributed by atoms with Crippen LogP contribution in [0.5, 0.6) is 17.2 Å². The fourth-order valence-electron chi connectivity index (χ4n) is 2.14. The molecule has 0 saturated carbocycles. The molecular weight excluding hydrogens is 344 g/mol. The molecule has 134 valence electrons. The highest BCUT2D eigenvalue weighted by atomic mass is 35.5. The van der Waals surface area contributed by atoms with Gasteiger partial charge in [0.05, 0.1) is 20.8 Å². The Labute approximate surface area is 152 Å². The van der Waals surface area contributed by atoms with Crippen molar-refractivity contribution in [3.63, 3.8) is 0 Å². The molecular formula is C18H21ClN2O4. The van der Waals surface area contributed by atoms with Crippen molar-refractivity contribution in [2.45, 2.75) is 6.54 Å². The summed E-state index contributed by atoms with van der Waals surface area (Å²) in [5.41, 5.74) is 0.969. The first-order valence-corrected chi connectivity index (χ1v) is 8.11. The number of carbonyl (C=O) groups is 1. The van der Waals surface area contributed by atoms with Gasteiger partial charge in [-0.3, -0.25) is 0 Å². The standard InChI is InChI=1S/C18H21ClN2O4/c1-23-15-4-3-5-16(17(15)24-2)25-11-10-20-18(22)21-12-13-6-8-14(19)9-7-13/h3-9H,10-12H2,1-2H3,(H2,20,21,22). The third kappa shape index (κ3) is 5.76. The van der Waals surface area contributed by atoms with Gasteiger partial charge in [0.25, 0.3) is 0 Å². The summed E-state index contributed by atoms with van der Waals surface area (Å²) in [4.78, 5) is 11.8. The fourth-order valence-corrected chi connectivity index (χ4v) is 2.27. The zero-order valence-electron chi connectivity index (χ0n) is 14.2. The number of nitrogens with one attached hydrogen (secondary N) is 2. The summed E-state index contributed by atoms with van der Waals surface area (Å²) in [7, 11) is 3.11. The molecule has 2 rings (SSSR count). The van der Waals surface area contributed by atoms with E-state index in [1.807, 2.05) is 18.2 Å². The van der Waals surface area contributed by atoms with E-state index in [0.717, 1.165) is 5.56 Å². The number of hydrogen-bond acceptors (Lipinski definition) is 4. The van der Waals surface area contributed by atoms with Gasteiger partial charge >= 0.3 is 6.03 Å². The quantitative estimate of drug-likeness (QED) is 0.705. The Hall–Kier alpha value is -2.60. The highest BCUT2D eigenvalue weighted by Gasteiger charge is 2.10. The van der Waals surface area contributed by atoms with Gasteiger partial charge < -0.3 is 24.8 Å². The average molecular weight is 365 g/mol. The molecule has 7 heteroatoms. The van der Waals surface area contributed by atoms with Crippen LogP contribution in [0.1, 0.15) is 5.56 Å². The maximum Gasteiger partial charge on any atom is 0.315 e. The molecule has 0 heterocycles. The molecule has 0 atom stereocenters. The Morgan fingerprint density at radius 2 is 1.72 bits per heavy atom. The van der Waals surface area contributed by atoms with Crippen molar-refractivity contribution < 1.29 is 19.0 Å². The molecule has 2 amide bonds. The summed E-state index contributed by atoms with van der Waals surface area (Å²) in [6.07, 6.45) is 0. The molecule has 6 nitrogen and oxygen atoms in total. The first kappa shape index (κ1) is 18.7. The minimum Gasteiger partial charge on any atom is -0.493 e. The van der Waals surface area contributed by atoms with Crippen molar-refractivity contribution in [1.82, 2.24) is 10.6 Å². The second-order valence-corrected chi connectivity index (χ2v) is 5.51. The number of para-hydroxylation sites is 1. The first-order valence-electron chi connectivity index (χ1n) is 7.74. The van der Waals surface area contributed by atoms with Gasteiger partial charge in [-0.25, -0.2) is 4.79 Å². The van der Waals surface area contributed by atoms with Gasteiger partial charge in [-0.05, 0) is 29.8 Å². The SMILES string of the molecule is COc1cccc(OCCNC(=O)NCc2ccc(Cl)cc2)c1OC. The second-order valence-electron chi connectivity index (χ2n) is 5.08. The lowest BCUT2D eigenvalue weighted by atomic mass is 10.2. The molecule has 0 bridgehead atoms. The number of amides is 2. The zero-order valence-corrected chi connectivity index (χ0v) is 14.9. The number of methoxy groups -OCH3 is 2. The fraction of sp³-hybridized carbons (Fsp3) is 0.278. The van der Waals surface area contributed by atoms with Crippen LogP contribution in [-0.2, 0) is 6.54 Å². The smallest absolute Gasteiger partial charge is 0.315 e. The normalized spacial score (nSPS) is 10.0. The summed E-state index contributed by atoms with van der Waals surface area (Å²) in [6, 6.07) is 12.4. The van der Waals surface area contributed by atoms with E-state index in [1.165, 1.54) is 0 Å². The van der Waals surface area contributed by atoms with Crippen LogP contribution >= 0.6 is 11.6 Å². The monoisotopic (exact) mass is 364 g/mol. The van der Waals surface area contributed by atoms with Crippen LogP contribution in [0.2, 0.25) is 5.02 Å². The van der Waals surface area contributed by atoms with E-state index in [0.29, 0.717) is 42.0 Å². The molecule has 0 aromatic heterocycles. The lowest BCUT2D eigenvalue weighted by Gasteiger charge is -2.14. The number of rotatable bonds is 8. The maximum atomic E-state index is 11.8. The number of urea groups is 1. The van der Waals surface area contributed by atoms with Gasteiger partial charge in [-0.15, -0.1) is 0 Å². The van der Waals surface area contributed by atoms with Crippen LogP contribution in [0.25, 0.3) is 0 Å². The molecule has 0 spiro atoms. The summed E-state index contributed by atoms with van der Waals surface area (Å²) < 4.78 is 16.1. The Bertz CT molecular complexity index is 692. The van der Waals surface area contributed by atoms with E-state index in [1.54, 1.807) is 38.5 Å². The third-order valence-electron chi connectivity index (χ3n) is 3.38. The van der Waals surface area contributed by atoms with Crippen LogP contribution in [0.3, 0.4) is 0 Å². The van der Waals surface area contributed by atoms with Crippen LogP contribution < -0.4 is 24.8 Å². The third-order valence-corrected chi connectivity index (χ3v) is 3.63.